The first kappa shape index (κ1) is 13.4. The molecule has 1 atom stereocenters. The van der Waals surface area contributed by atoms with Crippen molar-refractivity contribution in [2.75, 3.05) is 20.3 Å². The summed E-state index contributed by atoms with van der Waals surface area (Å²) >= 11 is 0. The van der Waals surface area contributed by atoms with Crippen LogP contribution in [0.3, 0.4) is 0 Å². The molecule has 2 heterocycles. The van der Waals surface area contributed by atoms with Gasteiger partial charge in [-0.15, -0.1) is 0 Å². The number of nitrogens with zero attached hydrogens (tertiary/aromatic N) is 2. The van der Waals surface area contributed by atoms with Gasteiger partial charge in [-0.05, 0) is 25.2 Å². The zero-order chi connectivity index (χ0) is 13.0. The first-order valence-electron chi connectivity index (χ1n) is 6.71. The molecule has 2 rings (SSSR count). The molecule has 0 amide bonds. The molecule has 102 valence electrons. The maximum Gasteiger partial charge on any atom is 0.161 e. The summed E-state index contributed by atoms with van der Waals surface area (Å²) in [5.41, 5.74) is 7.46. The van der Waals surface area contributed by atoms with E-state index in [0.717, 1.165) is 50.5 Å². The summed E-state index contributed by atoms with van der Waals surface area (Å²) in [5.74, 6) is 1.27. The van der Waals surface area contributed by atoms with Crippen molar-refractivity contribution in [1.29, 1.82) is 0 Å². The van der Waals surface area contributed by atoms with Crippen molar-refractivity contribution in [3.63, 3.8) is 0 Å². The molecule has 1 saturated heterocycles. The lowest BCUT2D eigenvalue weighted by atomic mass is 9.90. The van der Waals surface area contributed by atoms with Gasteiger partial charge in [0.1, 0.15) is 0 Å². The van der Waals surface area contributed by atoms with E-state index in [4.69, 9.17) is 15.2 Å². The normalized spacial score (nSPS) is 18.8. The van der Waals surface area contributed by atoms with Gasteiger partial charge in [0, 0.05) is 19.8 Å². The van der Waals surface area contributed by atoms with E-state index in [0.29, 0.717) is 5.92 Å². The summed E-state index contributed by atoms with van der Waals surface area (Å²) in [6, 6.07) is -0.0158. The van der Waals surface area contributed by atoms with E-state index in [-0.39, 0.29) is 6.04 Å². The summed E-state index contributed by atoms with van der Waals surface area (Å²) in [6.45, 7) is 4.64. The predicted molar refractivity (Wildman–Crippen MR) is 69.5 cm³/mol. The molecule has 1 aromatic heterocycles. The van der Waals surface area contributed by atoms with Crippen molar-refractivity contribution in [3.05, 3.63) is 11.9 Å². The van der Waals surface area contributed by atoms with Gasteiger partial charge in [-0.1, -0.05) is 6.92 Å². The average Bonchev–Trinajstić information content (AvgIpc) is 2.82. The fraction of sp³-hybridized carbons (Fsp3) is 0.769. The smallest absolute Gasteiger partial charge is 0.161 e. The Morgan fingerprint density at radius 2 is 2.28 bits per heavy atom. The second-order valence-electron chi connectivity index (χ2n) is 4.80. The highest BCUT2D eigenvalue weighted by molar-refractivity contribution is 5.28. The van der Waals surface area contributed by atoms with Crippen LogP contribution in [-0.2, 0) is 11.3 Å². The van der Waals surface area contributed by atoms with Gasteiger partial charge in [0.05, 0.1) is 25.0 Å². The van der Waals surface area contributed by atoms with E-state index >= 15 is 0 Å². The number of ether oxygens (including phenoxy) is 2. The third-order valence-corrected chi connectivity index (χ3v) is 3.59. The largest absolute Gasteiger partial charge is 0.493 e. The molecule has 2 N–H and O–H groups in total. The minimum Gasteiger partial charge on any atom is -0.493 e. The molecule has 0 saturated carbocycles. The highest BCUT2D eigenvalue weighted by atomic mass is 16.5. The Morgan fingerprint density at radius 1 is 1.56 bits per heavy atom. The second-order valence-corrected chi connectivity index (χ2v) is 4.80. The number of hydrogen-bond donors (Lipinski definition) is 1. The minimum absolute atomic E-state index is 0.0158. The lowest BCUT2D eigenvalue weighted by Crippen LogP contribution is -2.29. The number of aromatic nitrogens is 2. The van der Waals surface area contributed by atoms with Crippen molar-refractivity contribution >= 4 is 0 Å². The fourth-order valence-electron chi connectivity index (χ4n) is 2.56. The highest BCUT2D eigenvalue weighted by Crippen LogP contribution is 2.33. The second kappa shape index (κ2) is 6.20. The Hall–Kier alpha value is -1.07. The molecule has 0 bridgehead atoms. The van der Waals surface area contributed by atoms with Gasteiger partial charge in [0.25, 0.3) is 0 Å². The quantitative estimate of drug-likeness (QED) is 0.868. The molecular weight excluding hydrogens is 230 g/mol. The number of hydrogen-bond acceptors (Lipinski definition) is 4. The topological polar surface area (TPSA) is 62.3 Å². The lowest BCUT2D eigenvalue weighted by molar-refractivity contribution is 0.0571. The highest BCUT2D eigenvalue weighted by Gasteiger charge is 2.27. The van der Waals surface area contributed by atoms with Crippen LogP contribution in [-0.4, -0.2) is 30.1 Å². The molecule has 0 aliphatic carbocycles. The number of aryl methyl sites for hydroxylation is 1. The zero-order valence-corrected chi connectivity index (χ0v) is 11.3. The molecule has 1 fully saturated rings. The third-order valence-electron chi connectivity index (χ3n) is 3.59. The fourth-order valence-corrected chi connectivity index (χ4v) is 2.56. The van der Waals surface area contributed by atoms with Gasteiger partial charge >= 0.3 is 0 Å². The van der Waals surface area contributed by atoms with Crippen molar-refractivity contribution in [3.8, 4) is 5.75 Å². The van der Waals surface area contributed by atoms with Crippen LogP contribution < -0.4 is 10.5 Å². The van der Waals surface area contributed by atoms with E-state index in [1.807, 2.05) is 4.68 Å². The Morgan fingerprint density at radius 3 is 2.89 bits per heavy atom. The van der Waals surface area contributed by atoms with Crippen LogP contribution in [0.25, 0.3) is 0 Å². The molecule has 5 nitrogen and oxygen atoms in total. The molecule has 0 aromatic carbocycles. The minimum atomic E-state index is -0.0158. The molecule has 0 spiro atoms. The van der Waals surface area contributed by atoms with Crippen LogP contribution in [0.4, 0.5) is 0 Å². The van der Waals surface area contributed by atoms with Gasteiger partial charge in [-0.25, -0.2) is 0 Å². The average molecular weight is 253 g/mol. The van der Waals surface area contributed by atoms with Gasteiger partial charge in [-0.3, -0.25) is 4.68 Å². The van der Waals surface area contributed by atoms with Crippen molar-refractivity contribution in [2.45, 2.75) is 38.8 Å². The van der Waals surface area contributed by atoms with E-state index in [9.17, 15) is 0 Å². The summed E-state index contributed by atoms with van der Waals surface area (Å²) in [5, 5.41) is 4.37. The molecule has 18 heavy (non-hydrogen) atoms. The Bertz CT molecular complexity index is 372. The van der Waals surface area contributed by atoms with E-state index < -0.39 is 0 Å². The van der Waals surface area contributed by atoms with Crippen LogP contribution in [0.2, 0.25) is 0 Å². The number of rotatable bonds is 5. The number of methoxy groups -OCH3 is 1. The third kappa shape index (κ3) is 2.67. The standard InChI is InChI=1S/C13H23N3O2/c1-3-6-16-13(11(17-2)9-15-16)12(14)10-4-7-18-8-5-10/h9-10,12H,3-8,14H2,1-2H3. The summed E-state index contributed by atoms with van der Waals surface area (Å²) in [4.78, 5) is 0. The van der Waals surface area contributed by atoms with Crippen LogP contribution in [0.1, 0.15) is 37.9 Å². The Kier molecular flexibility index (Phi) is 4.60. The maximum atomic E-state index is 6.43. The van der Waals surface area contributed by atoms with E-state index in [1.54, 1.807) is 13.3 Å². The van der Waals surface area contributed by atoms with Gasteiger partial charge in [0.2, 0.25) is 0 Å². The molecule has 1 aromatic rings. The Labute approximate surface area is 108 Å². The molecule has 1 aliphatic heterocycles. The first-order valence-corrected chi connectivity index (χ1v) is 6.71. The molecule has 1 unspecified atom stereocenters. The molecule has 1 aliphatic rings. The predicted octanol–water partition coefficient (Wildman–Crippen LogP) is 1.73. The number of nitrogens with two attached hydrogens (primary N) is 1. The SMILES string of the molecule is CCCn1ncc(OC)c1C(N)C1CCOCC1. The van der Waals surface area contributed by atoms with E-state index in [1.165, 1.54) is 0 Å². The maximum absolute atomic E-state index is 6.43. The molecule has 5 heteroatoms. The van der Waals surface area contributed by atoms with Gasteiger partial charge < -0.3 is 15.2 Å². The van der Waals surface area contributed by atoms with Crippen LogP contribution in [0.15, 0.2) is 6.20 Å². The van der Waals surface area contributed by atoms with Crippen molar-refractivity contribution in [2.24, 2.45) is 11.7 Å². The first-order chi connectivity index (χ1) is 8.77. The van der Waals surface area contributed by atoms with Crippen molar-refractivity contribution in [1.82, 2.24) is 9.78 Å². The summed E-state index contributed by atoms with van der Waals surface area (Å²) < 4.78 is 12.8. The van der Waals surface area contributed by atoms with Crippen LogP contribution in [0, 0.1) is 5.92 Å². The van der Waals surface area contributed by atoms with Crippen LogP contribution in [0.5, 0.6) is 5.75 Å². The lowest BCUT2D eigenvalue weighted by Gasteiger charge is -2.28. The van der Waals surface area contributed by atoms with Crippen LogP contribution >= 0.6 is 0 Å². The van der Waals surface area contributed by atoms with Crippen molar-refractivity contribution < 1.29 is 9.47 Å². The van der Waals surface area contributed by atoms with Gasteiger partial charge in [-0.2, -0.15) is 5.10 Å². The molecular formula is C13H23N3O2. The Balaban J connectivity index is 2.20. The summed E-state index contributed by atoms with van der Waals surface area (Å²) in [7, 11) is 1.67. The van der Waals surface area contributed by atoms with Gasteiger partial charge in [0.15, 0.2) is 5.75 Å². The molecule has 0 radical (unpaired) electrons. The monoisotopic (exact) mass is 253 g/mol. The summed E-state index contributed by atoms with van der Waals surface area (Å²) in [6.07, 6.45) is 4.84. The zero-order valence-electron chi connectivity index (χ0n) is 11.3. The van der Waals surface area contributed by atoms with E-state index in [2.05, 4.69) is 12.0 Å².